The van der Waals surface area contributed by atoms with Crippen molar-refractivity contribution in [3.63, 3.8) is 0 Å². The summed E-state index contributed by atoms with van der Waals surface area (Å²) >= 11 is 2.35. The zero-order chi connectivity index (χ0) is 10.7. The Morgan fingerprint density at radius 1 is 1.33 bits per heavy atom. The molecule has 0 spiro atoms. The lowest BCUT2D eigenvalue weighted by Gasteiger charge is -2.24. The molecule has 15 heavy (non-hydrogen) atoms. The Kier molecular flexibility index (Phi) is 3.99. The van der Waals surface area contributed by atoms with Gasteiger partial charge in [-0.05, 0) is 59.7 Å². The second-order valence-corrected chi connectivity index (χ2v) is 5.28. The number of nitrogens with two attached hydrogens (primary N) is 1. The molecule has 1 fully saturated rings. The highest BCUT2D eigenvalue weighted by molar-refractivity contribution is 14.1. The summed E-state index contributed by atoms with van der Waals surface area (Å²) in [4.78, 5) is 2.50. The Labute approximate surface area is 105 Å². The third-order valence-electron chi connectivity index (χ3n) is 3.03. The van der Waals surface area contributed by atoms with Gasteiger partial charge < -0.3 is 5.73 Å². The topological polar surface area (TPSA) is 29.3 Å². The van der Waals surface area contributed by atoms with E-state index in [-0.39, 0.29) is 0 Å². The normalized spacial score (nSPS) is 22.1. The van der Waals surface area contributed by atoms with Gasteiger partial charge in [0.05, 0.1) is 0 Å². The number of rotatable bonds is 3. The predicted molar refractivity (Wildman–Crippen MR) is 71.8 cm³/mol. The number of likely N-dealkylation sites (tertiary alicyclic amines) is 1. The van der Waals surface area contributed by atoms with Crippen LogP contribution in [0.4, 0.5) is 0 Å². The maximum atomic E-state index is 5.63. The average molecular weight is 316 g/mol. The first-order valence-corrected chi connectivity index (χ1v) is 6.58. The SMILES string of the molecule is NCCN1CCCC1c1ccc(I)cc1. The molecule has 1 aromatic rings. The monoisotopic (exact) mass is 316 g/mol. The Balaban J connectivity index is 2.11. The highest BCUT2D eigenvalue weighted by Crippen LogP contribution is 2.31. The molecule has 0 amide bonds. The Bertz CT molecular complexity index is 310. The van der Waals surface area contributed by atoms with Crippen LogP contribution in [0.25, 0.3) is 0 Å². The third-order valence-corrected chi connectivity index (χ3v) is 3.75. The lowest BCUT2D eigenvalue weighted by atomic mass is 10.0. The number of halogens is 1. The second kappa shape index (κ2) is 5.27. The molecule has 2 N–H and O–H groups in total. The van der Waals surface area contributed by atoms with Crippen molar-refractivity contribution in [2.45, 2.75) is 18.9 Å². The molecule has 0 aromatic heterocycles. The van der Waals surface area contributed by atoms with E-state index in [1.807, 2.05) is 0 Å². The molecule has 1 aliphatic rings. The first-order chi connectivity index (χ1) is 7.31. The third kappa shape index (κ3) is 2.71. The zero-order valence-corrected chi connectivity index (χ0v) is 11.0. The summed E-state index contributed by atoms with van der Waals surface area (Å²) in [5, 5.41) is 0. The fourth-order valence-corrected chi connectivity index (χ4v) is 2.68. The van der Waals surface area contributed by atoms with Crippen LogP contribution >= 0.6 is 22.6 Å². The summed E-state index contributed by atoms with van der Waals surface area (Å²) in [6.45, 7) is 2.99. The van der Waals surface area contributed by atoms with Gasteiger partial charge in [-0.1, -0.05) is 12.1 Å². The van der Waals surface area contributed by atoms with Crippen molar-refractivity contribution < 1.29 is 0 Å². The summed E-state index contributed by atoms with van der Waals surface area (Å²) in [5.41, 5.74) is 7.08. The zero-order valence-electron chi connectivity index (χ0n) is 8.82. The minimum atomic E-state index is 0.602. The molecule has 1 aromatic carbocycles. The van der Waals surface area contributed by atoms with Gasteiger partial charge in [-0.3, -0.25) is 4.90 Å². The van der Waals surface area contributed by atoms with E-state index in [9.17, 15) is 0 Å². The fraction of sp³-hybridized carbons (Fsp3) is 0.500. The van der Waals surface area contributed by atoms with E-state index in [1.54, 1.807) is 0 Å². The van der Waals surface area contributed by atoms with Gasteiger partial charge in [-0.15, -0.1) is 0 Å². The van der Waals surface area contributed by atoms with Crippen LogP contribution in [0, 0.1) is 3.57 Å². The summed E-state index contributed by atoms with van der Waals surface area (Å²) in [5.74, 6) is 0. The molecule has 2 nitrogen and oxygen atoms in total. The molecule has 0 aliphatic carbocycles. The largest absolute Gasteiger partial charge is 0.329 e. The van der Waals surface area contributed by atoms with Gasteiger partial charge in [0.25, 0.3) is 0 Å². The Morgan fingerprint density at radius 3 is 2.73 bits per heavy atom. The van der Waals surface area contributed by atoms with Crippen LogP contribution in [0.1, 0.15) is 24.4 Å². The molecule has 1 aliphatic heterocycles. The van der Waals surface area contributed by atoms with Crippen LogP contribution < -0.4 is 5.73 Å². The molecule has 1 saturated heterocycles. The molecule has 2 rings (SSSR count). The van der Waals surface area contributed by atoms with Crippen LogP contribution in [0.5, 0.6) is 0 Å². The number of benzene rings is 1. The van der Waals surface area contributed by atoms with E-state index in [2.05, 4.69) is 51.8 Å². The van der Waals surface area contributed by atoms with E-state index < -0.39 is 0 Å². The van der Waals surface area contributed by atoms with Crippen molar-refractivity contribution in [2.75, 3.05) is 19.6 Å². The number of hydrogen-bond acceptors (Lipinski definition) is 2. The van der Waals surface area contributed by atoms with Gasteiger partial charge in [0.2, 0.25) is 0 Å². The predicted octanol–water partition coefficient (Wildman–Crippen LogP) is 2.39. The highest BCUT2D eigenvalue weighted by atomic mass is 127. The lowest BCUT2D eigenvalue weighted by Crippen LogP contribution is -2.29. The molecule has 1 heterocycles. The van der Waals surface area contributed by atoms with Gasteiger partial charge in [-0.2, -0.15) is 0 Å². The summed E-state index contributed by atoms with van der Waals surface area (Å²) < 4.78 is 1.31. The van der Waals surface area contributed by atoms with Crippen molar-refractivity contribution in [3.8, 4) is 0 Å². The van der Waals surface area contributed by atoms with Gasteiger partial charge in [0.1, 0.15) is 0 Å². The lowest BCUT2D eigenvalue weighted by molar-refractivity contribution is 0.264. The maximum absolute atomic E-state index is 5.63. The van der Waals surface area contributed by atoms with Crippen molar-refractivity contribution >= 4 is 22.6 Å². The van der Waals surface area contributed by atoms with Crippen LogP contribution in [-0.2, 0) is 0 Å². The summed E-state index contributed by atoms with van der Waals surface area (Å²) in [7, 11) is 0. The fourth-order valence-electron chi connectivity index (χ4n) is 2.32. The molecule has 0 saturated carbocycles. The second-order valence-electron chi connectivity index (χ2n) is 4.03. The van der Waals surface area contributed by atoms with Crippen molar-refractivity contribution in [2.24, 2.45) is 5.73 Å². The van der Waals surface area contributed by atoms with Crippen LogP contribution in [0.15, 0.2) is 24.3 Å². The van der Waals surface area contributed by atoms with Gasteiger partial charge in [0, 0.05) is 22.7 Å². The molecule has 1 unspecified atom stereocenters. The molecule has 0 radical (unpaired) electrons. The van der Waals surface area contributed by atoms with Crippen molar-refractivity contribution in [1.29, 1.82) is 0 Å². The summed E-state index contributed by atoms with van der Waals surface area (Å²) in [6.07, 6.45) is 2.58. The summed E-state index contributed by atoms with van der Waals surface area (Å²) in [6, 6.07) is 9.48. The quantitative estimate of drug-likeness (QED) is 0.868. The van der Waals surface area contributed by atoms with Gasteiger partial charge in [-0.25, -0.2) is 0 Å². The van der Waals surface area contributed by atoms with Crippen molar-refractivity contribution in [3.05, 3.63) is 33.4 Å². The van der Waals surface area contributed by atoms with E-state index in [4.69, 9.17) is 5.73 Å². The van der Waals surface area contributed by atoms with Crippen LogP contribution in [-0.4, -0.2) is 24.5 Å². The van der Waals surface area contributed by atoms with Crippen LogP contribution in [0.2, 0.25) is 0 Å². The Hall–Kier alpha value is -0.130. The first-order valence-electron chi connectivity index (χ1n) is 5.51. The molecular weight excluding hydrogens is 299 g/mol. The Morgan fingerprint density at radius 2 is 2.07 bits per heavy atom. The van der Waals surface area contributed by atoms with Gasteiger partial charge in [0.15, 0.2) is 0 Å². The van der Waals surface area contributed by atoms with Crippen molar-refractivity contribution in [1.82, 2.24) is 4.90 Å². The number of hydrogen-bond donors (Lipinski definition) is 1. The van der Waals surface area contributed by atoms with Crippen LogP contribution in [0.3, 0.4) is 0 Å². The molecule has 3 heteroatoms. The first kappa shape index (κ1) is 11.4. The molecule has 1 atom stereocenters. The number of nitrogens with zero attached hydrogens (tertiary/aromatic N) is 1. The minimum absolute atomic E-state index is 0.602. The highest BCUT2D eigenvalue weighted by Gasteiger charge is 2.24. The maximum Gasteiger partial charge on any atom is 0.0349 e. The standard InChI is InChI=1S/C12H17IN2/c13-11-5-3-10(4-6-11)12-2-1-8-15(12)9-7-14/h3-6,12H,1-2,7-9,14H2. The molecule has 0 bridgehead atoms. The van der Waals surface area contributed by atoms with E-state index in [0.717, 1.165) is 13.1 Å². The smallest absolute Gasteiger partial charge is 0.0349 e. The molecule has 82 valence electrons. The molecular formula is C12H17IN2. The average Bonchev–Trinajstić information content (AvgIpc) is 2.68. The van der Waals surface area contributed by atoms with E-state index in [0.29, 0.717) is 6.04 Å². The van der Waals surface area contributed by atoms with E-state index >= 15 is 0 Å². The minimum Gasteiger partial charge on any atom is -0.329 e. The van der Waals surface area contributed by atoms with E-state index in [1.165, 1.54) is 28.5 Å². The van der Waals surface area contributed by atoms with Gasteiger partial charge >= 0.3 is 0 Å².